The smallest absolute Gasteiger partial charge is 0.344 e. The van der Waals surface area contributed by atoms with Crippen LogP contribution in [0.25, 0.3) is 6.08 Å². The van der Waals surface area contributed by atoms with Crippen molar-refractivity contribution < 1.29 is 24.2 Å². The van der Waals surface area contributed by atoms with Crippen LogP contribution in [0.4, 0.5) is 0 Å². The van der Waals surface area contributed by atoms with Gasteiger partial charge in [-0.3, -0.25) is 4.79 Å². The van der Waals surface area contributed by atoms with Crippen molar-refractivity contribution in [3.8, 4) is 5.75 Å². The molecule has 2 bridgehead atoms. The Labute approximate surface area is 228 Å². The van der Waals surface area contributed by atoms with Crippen molar-refractivity contribution in [2.45, 2.75) is 85.2 Å². The molecule has 1 aromatic rings. The maximum Gasteiger partial charge on any atom is 0.344 e. The zero-order valence-corrected chi connectivity index (χ0v) is 23.7. The second-order valence-electron chi connectivity index (χ2n) is 13.3. The van der Waals surface area contributed by atoms with Crippen LogP contribution in [0, 0.1) is 34.0 Å². The van der Waals surface area contributed by atoms with Crippen molar-refractivity contribution in [3.05, 3.63) is 48.0 Å². The van der Waals surface area contributed by atoms with Crippen LogP contribution in [0.1, 0.15) is 70.9 Å². The van der Waals surface area contributed by atoms with Crippen LogP contribution in [0.3, 0.4) is 0 Å². The van der Waals surface area contributed by atoms with Gasteiger partial charge in [0.25, 0.3) is 0 Å². The molecule has 0 radical (unpaired) electrons. The summed E-state index contributed by atoms with van der Waals surface area (Å²) in [4.78, 5) is 26.8. The molecule has 1 heterocycles. The van der Waals surface area contributed by atoms with Gasteiger partial charge < -0.3 is 14.6 Å². The number of ketones is 1. The summed E-state index contributed by atoms with van der Waals surface area (Å²) in [5, 5.41) is 11.7. The van der Waals surface area contributed by atoms with Crippen LogP contribution in [-0.4, -0.2) is 42.4 Å². The van der Waals surface area contributed by atoms with Gasteiger partial charge in [0.1, 0.15) is 17.6 Å². The number of esters is 1. The van der Waals surface area contributed by atoms with Gasteiger partial charge >= 0.3 is 5.97 Å². The molecular formula is C32H43BO5. The van der Waals surface area contributed by atoms with Crippen LogP contribution in [0.5, 0.6) is 5.75 Å². The molecule has 6 heteroatoms. The summed E-state index contributed by atoms with van der Waals surface area (Å²) in [7, 11) is 0. The molecule has 0 saturated heterocycles. The zero-order chi connectivity index (χ0) is 27.5. The van der Waals surface area contributed by atoms with Crippen LogP contribution >= 0.6 is 0 Å². The molecule has 3 fully saturated rings. The predicted molar refractivity (Wildman–Crippen MR) is 151 cm³/mol. The topological polar surface area (TPSA) is 72.8 Å². The number of aliphatic hydroxyl groups is 1. The molecule has 1 N–H and O–H groups in total. The third kappa shape index (κ3) is 4.18. The van der Waals surface area contributed by atoms with Crippen LogP contribution in [0.2, 0.25) is 6.82 Å². The fraction of sp³-hybridized carbons (Fsp3) is 0.625. The van der Waals surface area contributed by atoms with Gasteiger partial charge in [0.15, 0.2) is 13.3 Å². The number of benzene rings is 1. The predicted octanol–water partition coefficient (Wildman–Crippen LogP) is 5.74. The van der Waals surface area contributed by atoms with Gasteiger partial charge in [-0.05, 0) is 72.5 Å². The van der Waals surface area contributed by atoms with Crippen molar-refractivity contribution in [2.75, 3.05) is 6.61 Å². The third-order valence-corrected chi connectivity index (χ3v) is 11.2. The van der Waals surface area contributed by atoms with E-state index in [0.29, 0.717) is 25.3 Å². The van der Waals surface area contributed by atoms with Gasteiger partial charge in [0, 0.05) is 23.2 Å². The van der Waals surface area contributed by atoms with Gasteiger partial charge in [-0.15, -0.1) is 12.6 Å². The standard InChI is InChI=1S/C32H43BO5/c1-7-30(4)17-26(38-27(35)19-37-24-9-8-22-12-15-33(6)18-23(22)16-24)31(5)20(2)10-13-32(21(3)29(30)36)14-11-25(34)28(31)32/h7-9,12,15-16,20-21,26,28-29,36H,1,10-11,13-14,17-19H2,2-6H3/t20-,21+,26-,28+,29+,30-,31+,32+/m1/s1. The molecule has 0 unspecified atom stereocenters. The normalized spacial score (nSPS) is 40.0. The molecule has 5 rings (SSSR count). The van der Waals surface area contributed by atoms with Crippen molar-refractivity contribution in [1.82, 2.24) is 0 Å². The SMILES string of the molecule is C=C[C@]1(C)C[C@@H](OC(=O)COc2ccc3c(c2)CB(C)C=C3)[C@]2(C)[C@H](C)CC[C@]3(CCC(=O)[C@H]32)[C@@H](C)[C@@H]1O. The average molecular weight is 519 g/mol. The first-order valence-corrected chi connectivity index (χ1v) is 14.4. The van der Waals surface area contributed by atoms with Crippen molar-refractivity contribution in [3.63, 3.8) is 0 Å². The molecule has 3 aliphatic carbocycles. The van der Waals surface area contributed by atoms with Crippen LogP contribution in [-0.2, 0) is 20.6 Å². The molecule has 0 amide bonds. The first-order valence-electron chi connectivity index (χ1n) is 14.4. The molecule has 1 aliphatic heterocycles. The van der Waals surface area contributed by atoms with E-state index >= 15 is 0 Å². The minimum Gasteiger partial charge on any atom is -0.482 e. The summed E-state index contributed by atoms with van der Waals surface area (Å²) in [6.45, 7) is 15.0. The highest BCUT2D eigenvalue weighted by molar-refractivity contribution is 6.63. The summed E-state index contributed by atoms with van der Waals surface area (Å²) in [6.07, 6.45) is 7.34. The Morgan fingerprint density at radius 3 is 2.76 bits per heavy atom. The van der Waals surface area contributed by atoms with Gasteiger partial charge in [0.2, 0.25) is 0 Å². The number of ether oxygens (including phenoxy) is 2. The number of hydrogen-bond acceptors (Lipinski definition) is 5. The number of fused-ring (bicyclic) bond motifs is 1. The minimum atomic E-state index is -0.671. The Morgan fingerprint density at radius 2 is 2.03 bits per heavy atom. The van der Waals surface area contributed by atoms with Crippen molar-refractivity contribution in [2.24, 2.45) is 34.0 Å². The lowest BCUT2D eigenvalue weighted by molar-refractivity contribution is -0.207. The molecule has 204 valence electrons. The van der Waals surface area contributed by atoms with E-state index in [9.17, 15) is 14.7 Å². The number of carbonyl (C=O) groups is 2. The molecule has 1 aromatic carbocycles. The quantitative estimate of drug-likeness (QED) is 0.306. The number of carbonyl (C=O) groups excluding carboxylic acids is 2. The highest BCUT2D eigenvalue weighted by Crippen LogP contribution is 2.68. The van der Waals surface area contributed by atoms with Gasteiger partial charge in [0.05, 0.1) is 6.10 Å². The third-order valence-electron chi connectivity index (χ3n) is 11.2. The van der Waals surface area contributed by atoms with E-state index in [1.807, 2.05) is 31.2 Å². The zero-order valence-electron chi connectivity index (χ0n) is 23.7. The largest absolute Gasteiger partial charge is 0.482 e. The van der Waals surface area contributed by atoms with Gasteiger partial charge in [-0.2, -0.15) is 0 Å². The molecule has 4 aliphatic rings. The molecule has 38 heavy (non-hydrogen) atoms. The summed E-state index contributed by atoms with van der Waals surface area (Å²) in [5.41, 5.74) is 0.964. The first-order chi connectivity index (χ1) is 17.9. The number of Topliss-reactive ketones (excluding diaryl/α,β-unsaturated/α-hetero) is 1. The Hall–Kier alpha value is -2.34. The Balaban J connectivity index is 1.42. The average Bonchev–Trinajstić information content (AvgIpc) is 3.25. The second-order valence-corrected chi connectivity index (χ2v) is 13.3. The monoisotopic (exact) mass is 518 g/mol. The fourth-order valence-electron chi connectivity index (χ4n) is 8.53. The van der Waals surface area contributed by atoms with E-state index < -0.39 is 29.0 Å². The molecule has 3 saturated carbocycles. The molecular weight excluding hydrogens is 475 g/mol. The first kappa shape index (κ1) is 27.2. The molecule has 5 nitrogen and oxygen atoms in total. The van der Waals surface area contributed by atoms with E-state index in [2.05, 4.69) is 46.2 Å². The van der Waals surface area contributed by atoms with Crippen molar-refractivity contribution in [1.29, 1.82) is 0 Å². The van der Waals surface area contributed by atoms with Crippen LogP contribution < -0.4 is 4.74 Å². The van der Waals surface area contributed by atoms with Gasteiger partial charge in [-0.25, -0.2) is 4.79 Å². The summed E-state index contributed by atoms with van der Waals surface area (Å²) < 4.78 is 12.2. The highest BCUT2D eigenvalue weighted by Gasteiger charge is 2.68. The lowest BCUT2D eigenvalue weighted by Crippen LogP contribution is -2.63. The maximum atomic E-state index is 13.5. The summed E-state index contributed by atoms with van der Waals surface area (Å²) >= 11 is 0. The van der Waals surface area contributed by atoms with Crippen molar-refractivity contribution >= 4 is 24.5 Å². The fourth-order valence-corrected chi connectivity index (χ4v) is 8.53. The Kier molecular flexibility index (Phi) is 6.95. The molecule has 0 spiro atoms. The van der Waals surface area contributed by atoms with E-state index in [1.54, 1.807) is 0 Å². The van der Waals surface area contributed by atoms with E-state index in [-0.39, 0.29) is 35.6 Å². The number of aliphatic hydroxyl groups excluding tert-OH is 1. The maximum absolute atomic E-state index is 13.5. The van der Waals surface area contributed by atoms with Crippen LogP contribution in [0.15, 0.2) is 36.8 Å². The van der Waals surface area contributed by atoms with Gasteiger partial charge in [-0.1, -0.05) is 52.7 Å². The van der Waals surface area contributed by atoms with E-state index in [1.165, 1.54) is 11.1 Å². The summed E-state index contributed by atoms with van der Waals surface area (Å²) in [6, 6.07) is 5.94. The minimum absolute atomic E-state index is 0.0460. The summed E-state index contributed by atoms with van der Waals surface area (Å²) in [5.74, 6) is 2.61. The van der Waals surface area contributed by atoms with E-state index in [4.69, 9.17) is 9.47 Å². The lowest BCUT2D eigenvalue weighted by atomic mass is 9.44. The number of rotatable bonds is 5. The lowest BCUT2D eigenvalue weighted by Gasteiger charge is -2.61. The second kappa shape index (κ2) is 9.69. The number of hydrogen-bond donors (Lipinski definition) is 1. The Morgan fingerprint density at radius 1 is 1.26 bits per heavy atom. The highest BCUT2D eigenvalue weighted by atomic mass is 16.6. The molecule has 0 aromatic heterocycles. The van der Waals surface area contributed by atoms with E-state index in [0.717, 1.165) is 25.6 Å². The molecule has 8 atom stereocenters. The Bertz CT molecular complexity index is 1160.